The molecule has 0 fully saturated rings. The van der Waals surface area contributed by atoms with E-state index in [4.69, 9.17) is 4.74 Å². The van der Waals surface area contributed by atoms with Crippen molar-refractivity contribution in [2.45, 2.75) is 19.9 Å². The normalized spacial score (nSPS) is 12.7. The van der Waals surface area contributed by atoms with Crippen LogP contribution < -0.4 is 4.31 Å². The monoisotopic (exact) mass is 430 g/mol. The van der Waals surface area contributed by atoms with Crippen molar-refractivity contribution >= 4 is 29.3 Å². The lowest BCUT2D eigenvalue weighted by atomic mass is 10.2. The summed E-state index contributed by atoms with van der Waals surface area (Å²) in [5.41, 5.74) is 0.964. The van der Waals surface area contributed by atoms with Gasteiger partial charge in [0.25, 0.3) is 6.43 Å². The third kappa shape index (κ3) is 6.34. The lowest BCUT2D eigenvalue weighted by Crippen LogP contribution is -2.27. The predicted molar refractivity (Wildman–Crippen MR) is 104 cm³/mol. The third-order valence-corrected chi connectivity index (χ3v) is 4.89. The molecule has 6 nitrogen and oxygen atoms in total. The van der Waals surface area contributed by atoms with E-state index in [1.807, 2.05) is 0 Å². The highest BCUT2D eigenvalue weighted by Gasteiger charge is 2.17. The molecular weight excluding hydrogens is 412 g/mol. The number of aromatic nitrogens is 1. The SMILES string of the molecule is C=N/N=C(\OCC(F)F)c1ccc(CN(c2ccc(F)c(F)c2)S(=O)CC)nc1. The van der Waals surface area contributed by atoms with Gasteiger partial charge in [0.1, 0.15) is 11.0 Å². The van der Waals surface area contributed by atoms with Crippen LogP contribution in [0, 0.1) is 11.6 Å². The summed E-state index contributed by atoms with van der Waals surface area (Å²) in [6.45, 7) is 4.02. The van der Waals surface area contributed by atoms with Crippen LogP contribution in [0.5, 0.6) is 0 Å². The molecule has 0 saturated carbocycles. The molecule has 1 aromatic carbocycles. The van der Waals surface area contributed by atoms with E-state index in [1.165, 1.54) is 22.6 Å². The first-order valence-corrected chi connectivity index (χ1v) is 9.64. The first-order chi connectivity index (χ1) is 13.8. The summed E-state index contributed by atoms with van der Waals surface area (Å²) in [7, 11) is -1.51. The van der Waals surface area contributed by atoms with Crippen LogP contribution in [0.2, 0.25) is 0 Å². The lowest BCUT2D eigenvalue weighted by molar-refractivity contribution is 0.0765. The van der Waals surface area contributed by atoms with Crippen molar-refractivity contribution in [1.82, 2.24) is 4.98 Å². The molecule has 2 aromatic rings. The smallest absolute Gasteiger partial charge is 0.272 e. The van der Waals surface area contributed by atoms with Crippen LogP contribution in [-0.4, -0.2) is 40.6 Å². The number of hydrogen-bond acceptors (Lipinski definition) is 5. The summed E-state index contributed by atoms with van der Waals surface area (Å²) in [6.07, 6.45) is -1.37. The summed E-state index contributed by atoms with van der Waals surface area (Å²) < 4.78 is 70.1. The van der Waals surface area contributed by atoms with Gasteiger partial charge < -0.3 is 4.74 Å². The highest BCUT2D eigenvalue weighted by Crippen LogP contribution is 2.22. The average molecular weight is 430 g/mol. The van der Waals surface area contributed by atoms with Crippen molar-refractivity contribution in [1.29, 1.82) is 0 Å². The number of alkyl halides is 2. The van der Waals surface area contributed by atoms with Crippen molar-refractivity contribution in [3.8, 4) is 0 Å². The molecule has 0 N–H and O–H groups in total. The number of ether oxygens (including phenoxy) is 1. The molecule has 2 rings (SSSR count). The summed E-state index contributed by atoms with van der Waals surface area (Å²) in [5.74, 6) is -1.99. The third-order valence-electron chi connectivity index (χ3n) is 3.57. The molecule has 0 aliphatic carbocycles. The Kier molecular flexibility index (Phi) is 8.25. The van der Waals surface area contributed by atoms with E-state index in [0.717, 1.165) is 12.1 Å². The Labute approximate surface area is 167 Å². The van der Waals surface area contributed by atoms with E-state index < -0.39 is 35.7 Å². The van der Waals surface area contributed by atoms with E-state index in [-0.39, 0.29) is 29.4 Å². The van der Waals surface area contributed by atoms with Gasteiger partial charge in [-0.2, -0.15) is 5.10 Å². The van der Waals surface area contributed by atoms with Crippen LogP contribution in [0.3, 0.4) is 0 Å². The minimum absolute atomic E-state index is 0.0376. The fourth-order valence-electron chi connectivity index (χ4n) is 2.24. The second-order valence-corrected chi connectivity index (χ2v) is 7.19. The maximum Gasteiger partial charge on any atom is 0.272 e. The summed E-state index contributed by atoms with van der Waals surface area (Å²) in [5, 5.41) is 6.84. The Bertz CT molecular complexity index is 894. The topological polar surface area (TPSA) is 67.2 Å². The van der Waals surface area contributed by atoms with Gasteiger partial charge in [-0.25, -0.2) is 21.8 Å². The van der Waals surface area contributed by atoms with Crippen molar-refractivity contribution in [2.75, 3.05) is 16.7 Å². The molecule has 1 aromatic heterocycles. The predicted octanol–water partition coefficient (Wildman–Crippen LogP) is 3.69. The molecule has 0 aliphatic rings. The van der Waals surface area contributed by atoms with Crippen LogP contribution in [0.1, 0.15) is 18.2 Å². The van der Waals surface area contributed by atoms with Gasteiger partial charge in [-0.1, -0.05) is 6.92 Å². The molecule has 156 valence electrons. The van der Waals surface area contributed by atoms with Gasteiger partial charge in [0.05, 0.1) is 23.5 Å². The maximum atomic E-state index is 13.6. The van der Waals surface area contributed by atoms with Crippen molar-refractivity contribution in [3.63, 3.8) is 0 Å². The Balaban J connectivity index is 2.24. The second kappa shape index (κ2) is 10.6. The fourth-order valence-corrected chi connectivity index (χ4v) is 3.18. The maximum absolute atomic E-state index is 13.6. The first kappa shape index (κ1) is 22.5. The number of halogens is 4. The zero-order chi connectivity index (χ0) is 21.4. The van der Waals surface area contributed by atoms with E-state index in [1.54, 1.807) is 13.0 Å². The molecule has 0 bridgehead atoms. The average Bonchev–Trinajstić information content (AvgIpc) is 2.71. The number of benzene rings is 1. The van der Waals surface area contributed by atoms with Crippen molar-refractivity contribution < 1.29 is 26.5 Å². The quantitative estimate of drug-likeness (QED) is 0.264. The minimum Gasteiger partial charge on any atom is -0.470 e. The molecule has 0 saturated heterocycles. The van der Waals surface area contributed by atoms with Crippen molar-refractivity contribution in [2.24, 2.45) is 10.2 Å². The van der Waals surface area contributed by atoms with E-state index in [9.17, 15) is 21.8 Å². The van der Waals surface area contributed by atoms with Crippen LogP contribution in [0.4, 0.5) is 23.2 Å². The summed E-state index contributed by atoms with van der Waals surface area (Å²) in [4.78, 5) is 4.18. The molecule has 1 heterocycles. The van der Waals surface area contributed by atoms with Gasteiger partial charge in [0.2, 0.25) is 5.90 Å². The highest BCUT2D eigenvalue weighted by atomic mass is 32.2. The van der Waals surface area contributed by atoms with Gasteiger partial charge in [-0.3, -0.25) is 9.29 Å². The number of anilines is 1. The molecule has 0 radical (unpaired) electrons. The van der Waals surface area contributed by atoms with Gasteiger partial charge in [0, 0.05) is 24.7 Å². The van der Waals surface area contributed by atoms with Crippen LogP contribution >= 0.6 is 0 Å². The standard InChI is InChI=1S/C18H18F4N4O2S/c1-3-29(27)26(14-6-7-15(19)16(20)8-14)10-13-5-4-12(9-24-13)18(25-23-2)28-11-17(21)22/h4-9,17H,2-3,10-11H2,1H3/b25-18-. The van der Waals surface area contributed by atoms with Crippen LogP contribution in [0.25, 0.3) is 0 Å². The van der Waals surface area contributed by atoms with Gasteiger partial charge in [-0.05, 0) is 24.3 Å². The number of nitrogens with zero attached hydrogens (tertiary/aromatic N) is 4. The Morgan fingerprint density at radius 1 is 1.28 bits per heavy atom. The first-order valence-electron chi connectivity index (χ1n) is 8.36. The van der Waals surface area contributed by atoms with E-state index in [2.05, 4.69) is 21.9 Å². The largest absolute Gasteiger partial charge is 0.470 e. The molecule has 0 amide bonds. The molecule has 1 unspecified atom stereocenters. The van der Waals surface area contributed by atoms with Crippen molar-refractivity contribution in [3.05, 3.63) is 59.4 Å². The summed E-state index contributed by atoms with van der Waals surface area (Å²) in [6, 6.07) is 6.27. The second-order valence-electron chi connectivity index (χ2n) is 5.53. The molecular formula is C18H18F4N4O2S. The highest BCUT2D eigenvalue weighted by molar-refractivity contribution is 7.86. The van der Waals surface area contributed by atoms with Gasteiger partial charge in [0.15, 0.2) is 18.2 Å². The molecule has 0 spiro atoms. The number of rotatable bonds is 9. The fraction of sp³-hybridized carbons (Fsp3) is 0.278. The van der Waals surface area contributed by atoms with E-state index >= 15 is 0 Å². The van der Waals surface area contributed by atoms with Gasteiger partial charge in [-0.15, -0.1) is 5.10 Å². The lowest BCUT2D eigenvalue weighted by Gasteiger charge is -2.22. The summed E-state index contributed by atoms with van der Waals surface area (Å²) >= 11 is 0. The van der Waals surface area contributed by atoms with E-state index in [0.29, 0.717) is 5.69 Å². The number of hydrogen-bond donors (Lipinski definition) is 0. The zero-order valence-electron chi connectivity index (χ0n) is 15.4. The molecule has 29 heavy (non-hydrogen) atoms. The number of pyridine rings is 1. The Hall–Kier alpha value is -2.82. The minimum atomic E-state index is -2.69. The Morgan fingerprint density at radius 3 is 2.59 bits per heavy atom. The van der Waals surface area contributed by atoms with Crippen LogP contribution in [0.15, 0.2) is 46.7 Å². The molecule has 1 atom stereocenters. The zero-order valence-corrected chi connectivity index (χ0v) is 16.2. The molecule has 11 heteroatoms. The molecule has 0 aliphatic heterocycles. The Morgan fingerprint density at radius 2 is 2.03 bits per heavy atom. The van der Waals surface area contributed by atoms with Crippen LogP contribution in [-0.2, 0) is 22.3 Å². The van der Waals surface area contributed by atoms with Gasteiger partial charge >= 0.3 is 0 Å².